The van der Waals surface area contributed by atoms with Gasteiger partial charge in [0, 0.05) is 24.0 Å². The van der Waals surface area contributed by atoms with Crippen molar-refractivity contribution in [1.29, 1.82) is 0 Å². The predicted octanol–water partition coefficient (Wildman–Crippen LogP) is 1.78. The van der Waals surface area contributed by atoms with E-state index in [0.717, 1.165) is 0 Å². The topological polar surface area (TPSA) is 116 Å². The molecule has 3 rings (SSSR count). The summed E-state index contributed by atoms with van der Waals surface area (Å²) in [6.07, 6.45) is 1.68. The number of sulfone groups is 1. The Morgan fingerprint density at radius 1 is 1.25 bits per heavy atom. The van der Waals surface area contributed by atoms with Crippen LogP contribution in [0.1, 0.15) is 50.5 Å². The maximum Gasteiger partial charge on any atom is 0.359 e. The van der Waals surface area contributed by atoms with Gasteiger partial charge in [-0.1, -0.05) is 32.0 Å². The van der Waals surface area contributed by atoms with Gasteiger partial charge in [0.2, 0.25) is 0 Å². The fourth-order valence-corrected chi connectivity index (χ4v) is 5.73. The molecule has 0 saturated carbocycles. The van der Waals surface area contributed by atoms with E-state index in [1.165, 1.54) is 9.58 Å². The number of esters is 1. The van der Waals surface area contributed by atoms with E-state index in [9.17, 15) is 22.8 Å². The summed E-state index contributed by atoms with van der Waals surface area (Å²) >= 11 is 0. The summed E-state index contributed by atoms with van der Waals surface area (Å²) < 4.78 is 30.3. The summed E-state index contributed by atoms with van der Waals surface area (Å²) in [7, 11) is -3.17. The second-order valence-electron chi connectivity index (χ2n) is 8.11. The first-order valence-electron chi connectivity index (χ1n) is 10.9. The third-order valence-corrected chi connectivity index (χ3v) is 7.53. The van der Waals surface area contributed by atoms with E-state index in [-0.39, 0.29) is 28.8 Å². The van der Waals surface area contributed by atoms with Crippen molar-refractivity contribution < 1.29 is 22.7 Å². The Hall–Kier alpha value is -2.75. The number of benzene rings is 1. The van der Waals surface area contributed by atoms with Crippen molar-refractivity contribution in [2.75, 3.05) is 18.1 Å². The standard InChI is InChI=1S/C22H29N3O6S/c1-4-11-24-21(27)18-9-7-6-8-17(18)20(23-24)22(28)31-13-19(26)25(15(3)5-2)16-10-12-32(29,30)14-16/h6-9,15-16H,4-5,10-14H2,1-3H3. The van der Waals surface area contributed by atoms with E-state index >= 15 is 0 Å². The molecule has 1 amide bonds. The SMILES string of the molecule is CCCn1nc(C(=O)OCC(=O)N(C(C)CC)C2CCS(=O)(=O)C2)c2ccccc2c1=O. The lowest BCUT2D eigenvalue weighted by molar-refractivity contribution is -0.138. The van der Waals surface area contributed by atoms with E-state index < -0.39 is 34.4 Å². The zero-order valence-electron chi connectivity index (χ0n) is 18.6. The van der Waals surface area contributed by atoms with Gasteiger partial charge in [-0.3, -0.25) is 9.59 Å². The van der Waals surface area contributed by atoms with Crippen LogP contribution in [-0.4, -0.2) is 65.2 Å². The first-order chi connectivity index (χ1) is 15.2. The van der Waals surface area contributed by atoms with E-state index in [0.29, 0.717) is 36.6 Å². The molecule has 2 unspecified atom stereocenters. The molecule has 0 aliphatic carbocycles. The molecule has 1 aliphatic heterocycles. The van der Waals surface area contributed by atoms with Gasteiger partial charge in [-0.2, -0.15) is 5.10 Å². The highest BCUT2D eigenvalue weighted by molar-refractivity contribution is 7.91. The maximum absolute atomic E-state index is 12.9. The monoisotopic (exact) mass is 463 g/mol. The molecule has 0 spiro atoms. The van der Waals surface area contributed by atoms with Gasteiger partial charge in [-0.05, 0) is 32.3 Å². The molecule has 1 fully saturated rings. The number of aryl methyl sites for hydroxylation is 1. The highest BCUT2D eigenvalue weighted by Gasteiger charge is 2.37. The number of amides is 1. The Bertz CT molecular complexity index is 1170. The van der Waals surface area contributed by atoms with Crippen LogP contribution in [0, 0.1) is 0 Å². The molecule has 1 saturated heterocycles. The summed E-state index contributed by atoms with van der Waals surface area (Å²) in [5.74, 6) is -1.28. The van der Waals surface area contributed by atoms with Crippen LogP contribution in [0.3, 0.4) is 0 Å². The van der Waals surface area contributed by atoms with Gasteiger partial charge < -0.3 is 9.64 Å². The highest BCUT2D eigenvalue weighted by atomic mass is 32.2. The zero-order valence-corrected chi connectivity index (χ0v) is 19.4. The number of carbonyl (C=O) groups excluding carboxylic acids is 2. The van der Waals surface area contributed by atoms with Crippen molar-refractivity contribution in [3.8, 4) is 0 Å². The molecule has 1 aliphatic rings. The minimum Gasteiger partial charge on any atom is -0.451 e. The molecule has 9 nitrogen and oxygen atoms in total. The van der Waals surface area contributed by atoms with Gasteiger partial charge in [0.1, 0.15) is 0 Å². The Balaban J connectivity index is 1.82. The van der Waals surface area contributed by atoms with Crippen molar-refractivity contribution in [1.82, 2.24) is 14.7 Å². The van der Waals surface area contributed by atoms with E-state index in [2.05, 4.69) is 5.10 Å². The van der Waals surface area contributed by atoms with Gasteiger partial charge in [0.25, 0.3) is 11.5 Å². The summed E-state index contributed by atoms with van der Waals surface area (Å²) in [5.41, 5.74) is -0.319. The first-order valence-corrected chi connectivity index (χ1v) is 12.7. The van der Waals surface area contributed by atoms with Crippen LogP contribution in [0.25, 0.3) is 10.8 Å². The van der Waals surface area contributed by atoms with Crippen molar-refractivity contribution >= 4 is 32.5 Å². The minimum atomic E-state index is -3.17. The number of hydrogen-bond acceptors (Lipinski definition) is 7. The molecule has 1 aromatic carbocycles. The second-order valence-corrected chi connectivity index (χ2v) is 10.3. The minimum absolute atomic E-state index is 0.0278. The second kappa shape index (κ2) is 9.81. The van der Waals surface area contributed by atoms with Crippen LogP contribution in [-0.2, 0) is 25.9 Å². The van der Waals surface area contributed by atoms with Gasteiger partial charge in [0.05, 0.1) is 16.9 Å². The molecule has 2 atom stereocenters. The van der Waals surface area contributed by atoms with Crippen molar-refractivity contribution in [2.24, 2.45) is 0 Å². The largest absolute Gasteiger partial charge is 0.451 e. The lowest BCUT2D eigenvalue weighted by Crippen LogP contribution is -2.48. The van der Waals surface area contributed by atoms with E-state index in [4.69, 9.17) is 4.74 Å². The molecule has 0 bridgehead atoms. The quantitative estimate of drug-likeness (QED) is 0.548. The Morgan fingerprint density at radius 2 is 1.94 bits per heavy atom. The molecule has 0 N–H and O–H groups in total. The zero-order chi connectivity index (χ0) is 23.5. The van der Waals surface area contributed by atoms with Crippen LogP contribution in [0.4, 0.5) is 0 Å². The number of carbonyl (C=O) groups is 2. The molecule has 2 heterocycles. The third-order valence-electron chi connectivity index (χ3n) is 5.78. The molecule has 2 aromatic rings. The fourth-order valence-electron chi connectivity index (χ4n) is 4.02. The van der Waals surface area contributed by atoms with Crippen LogP contribution >= 0.6 is 0 Å². The number of aromatic nitrogens is 2. The highest BCUT2D eigenvalue weighted by Crippen LogP contribution is 2.22. The normalized spacial score (nSPS) is 18.4. The van der Waals surface area contributed by atoms with Gasteiger partial charge >= 0.3 is 5.97 Å². The molecule has 1 aromatic heterocycles. The predicted molar refractivity (Wildman–Crippen MR) is 120 cm³/mol. The van der Waals surface area contributed by atoms with Crippen molar-refractivity contribution in [2.45, 2.75) is 58.7 Å². The van der Waals surface area contributed by atoms with Crippen LogP contribution in [0.15, 0.2) is 29.1 Å². The molecule has 0 radical (unpaired) electrons. The lowest BCUT2D eigenvalue weighted by atomic mass is 10.1. The molecular weight excluding hydrogens is 434 g/mol. The fraction of sp³-hybridized carbons (Fsp3) is 0.545. The average molecular weight is 464 g/mol. The Kier molecular flexibility index (Phi) is 7.33. The molecule has 174 valence electrons. The summed E-state index contributed by atoms with van der Waals surface area (Å²) in [4.78, 5) is 39.9. The number of nitrogens with zero attached hydrogens (tertiary/aromatic N) is 3. The van der Waals surface area contributed by atoms with Crippen LogP contribution in [0.2, 0.25) is 0 Å². The number of fused-ring (bicyclic) bond motifs is 1. The Morgan fingerprint density at radius 3 is 2.53 bits per heavy atom. The smallest absolute Gasteiger partial charge is 0.359 e. The van der Waals surface area contributed by atoms with Gasteiger partial charge in [-0.25, -0.2) is 17.9 Å². The van der Waals surface area contributed by atoms with E-state index in [1.54, 1.807) is 24.3 Å². The van der Waals surface area contributed by atoms with Crippen LogP contribution in [0.5, 0.6) is 0 Å². The summed E-state index contributed by atoms with van der Waals surface area (Å²) in [6, 6.07) is 6.03. The molecule has 10 heteroatoms. The van der Waals surface area contributed by atoms with Crippen LogP contribution < -0.4 is 5.56 Å². The number of hydrogen-bond donors (Lipinski definition) is 0. The average Bonchev–Trinajstić information content (AvgIpc) is 3.13. The Labute approximate surface area is 187 Å². The maximum atomic E-state index is 12.9. The number of rotatable bonds is 8. The number of ether oxygens (including phenoxy) is 1. The summed E-state index contributed by atoms with van der Waals surface area (Å²) in [5, 5.41) is 4.90. The van der Waals surface area contributed by atoms with E-state index in [1.807, 2.05) is 20.8 Å². The van der Waals surface area contributed by atoms with Crippen molar-refractivity contribution in [3.63, 3.8) is 0 Å². The van der Waals surface area contributed by atoms with Gasteiger partial charge in [0.15, 0.2) is 22.1 Å². The van der Waals surface area contributed by atoms with Gasteiger partial charge in [-0.15, -0.1) is 0 Å². The summed E-state index contributed by atoms with van der Waals surface area (Å²) in [6.45, 7) is 5.48. The van der Waals surface area contributed by atoms with Crippen molar-refractivity contribution in [3.05, 3.63) is 40.3 Å². The first kappa shape index (κ1) is 23.9. The molecule has 32 heavy (non-hydrogen) atoms. The lowest BCUT2D eigenvalue weighted by Gasteiger charge is -2.33. The third kappa shape index (κ3) is 5.01. The molecular formula is C22H29N3O6S.